The third-order valence-corrected chi connectivity index (χ3v) is 4.26. The summed E-state index contributed by atoms with van der Waals surface area (Å²) in [5.41, 5.74) is 1.13. The van der Waals surface area contributed by atoms with Crippen molar-refractivity contribution >= 4 is 11.8 Å². The molecule has 0 radical (unpaired) electrons. The molecule has 1 heterocycles. The van der Waals surface area contributed by atoms with Crippen molar-refractivity contribution in [3.05, 3.63) is 24.0 Å². The zero-order valence-electron chi connectivity index (χ0n) is 14.8. The Balaban J connectivity index is 2.04. The van der Waals surface area contributed by atoms with E-state index in [0.29, 0.717) is 31.5 Å². The number of rotatable bonds is 8. The van der Waals surface area contributed by atoms with Crippen molar-refractivity contribution in [2.24, 2.45) is 13.0 Å². The molecule has 0 unspecified atom stereocenters. The van der Waals surface area contributed by atoms with Gasteiger partial charge in [-0.2, -0.15) is 0 Å². The molecule has 23 heavy (non-hydrogen) atoms. The van der Waals surface area contributed by atoms with E-state index in [1.807, 2.05) is 41.8 Å². The third-order valence-electron chi connectivity index (χ3n) is 4.26. The van der Waals surface area contributed by atoms with Crippen LogP contribution in [0.4, 0.5) is 0 Å². The second-order valence-electron chi connectivity index (χ2n) is 6.88. The van der Waals surface area contributed by atoms with Crippen molar-refractivity contribution in [2.75, 3.05) is 13.1 Å². The summed E-state index contributed by atoms with van der Waals surface area (Å²) in [6.07, 6.45) is 4.59. The number of hydrogen-bond acceptors (Lipinski definition) is 2. The fourth-order valence-electron chi connectivity index (χ4n) is 2.82. The van der Waals surface area contributed by atoms with Crippen molar-refractivity contribution < 1.29 is 9.59 Å². The van der Waals surface area contributed by atoms with Crippen molar-refractivity contribution in [1.82, 2.24) is 14.4 Å². The van der Waals surface area contributed by atoms with Crippen LogP contribution in [0.1, 0.15) is 45.7 Å². The lowest BCUT2D eigenvalue weighted by Crippen LogP contribution is -2.44. The number of amides is 2. The molecule has 2 rings (SSSR count). The maximum atomic E-state index is 12.8. The van der Waals surface area contributed by atoms with Crippen LogP contribution >= 0.6 is 0 Å². The Morgan fingerprint density at radius 2 is 2.00 bits per heavy atom. The number of carbonyl (C=O) groups excluding carboxylic acids is 2. The second kappa shape index (κ2) is 7.66. The highest BCUT2D eigenvalue weighted by Crippen LogP contribution is 2.28. The van der Waals surface area contributed by atoms with E-state index in [0.717, 1.165) is 18.5 Å². The molecule has 0 saturated heterocycles. The lowest BCUT2D eigenvalue weighted by molar-refractivity contribution is -0.141. The van der Waals surface area contributed by atoms with Gasteiger partial charge >= 0.3 is 0 Å². The molecule has 1 aromatic heterocycles. The smallest absolute Gasteiger partial charge is 0.242 e. The minimum atomic E-state index is 0.0571. The van der Waals surface area contributed by atoms with Gasteiger partial charge in [0.2, 0.25) is 11.8 Å². The minimum absolute atomic E-state index is 0.0571. The topological polar surface area (TPSA) is 45.6 Å². The van der Waals surface area contributed by atoms with Crippen LogP contribution in [0.2, 0.25) is 0 Å². The van der Waals surface area contributed by atoms with Crippen molar-refractivity contribution in [3.8, 4) is 0 Å². The molecule has 0 aliphatic heterocycles. The maximum absolute atomic E-state index is 12.8. The predicted octanol–water partition coefficient (Wildman–Crippen LogP) is 2.41. The molecule has 0 N–H and O–H groups in total. The Morgan fingerprint density at radius 1 is 1.30 bits per heavy atom. The molecule has 1 fully saturated rings. The second-order valence-corrected chi connectivity index (χ2v) is 6.88. The first-order valence-electron chi connectivity index (χ1n) is 8.59. The van der Waals surface area contributed by atoms with Crippen molar-refractivity contribution in [3.63, 3.8) is 0 Å². The van der Waals surface area contributed by atoms with Gasteiger partial charge in [0.05, 0.1) is 13.1 Å². The van der Waals surface area contributed by atoms with Crippen LogP contribution in [0, 0.1) is 5.92 Å². The van der Waals surface area contributed by atoms with Gasteiger partial charge in [-0.3, -0.25) is 9.59 Å². The molecule has 0 bridgehead atoms. The van der Waals surface area contributed by atoms with Gasteiger partial charge in [-0.15, -0.1) is 0 Å². The number of nitrogens with zero attached hydrogens (tertiary/aromatic N) is 3. The van der Waals surface area contributed by atoms with Crippen LogP contribution in [0.25, 0.3) is 0 Å². The molecule has 2 amide bonds. The van der Waals surface area contributed by atoms with Crippen LogP contribution in [0.15, 0.2) is 18.3 Å². The van der Waals surface area contributed by atoms with Crippen molar-refractivity contribution in [2.45, 2.75) is 52.6 Å². The Bertz CT molecular complexity index is 546. The van der Waals surface area contributed by atoms with Gasteiger partial charge in [-0.05, 0) is 30.9 Å². The van der Waals surface area contributed by atoms with Crippen molar-refractivity contribution in [1.29, 1.82) is 0 Å². The maximum Gasteiger partial charge on any atom is 0.242 e. The van der Waals surface area contributed by atoms with Crippen LogP contribution in [-0.4, -0.2) is 45.3 Å². The van der Waals surface area contributed by atoms with Gasteiger partial charge in [0, 0.05) is 37.9 Å². The zero-order valence-corrected chi connectivity index (χ0v) is 14.8. The molecule has 0 aromatic carbocycles. The molecule has 0 atom stereocenters. The first kappa shape index (κ1) is 17.6. The molecule has 1 saturated carbocycles. The Hall–Kier alpha value is -1.78. The largest absolute Gasteiger partial charge is 0.353 e. The first-order valence-corrected chi connectivity index (χ1v) is 8.59. The van der Waals surface area contributed by atoms with Gasteiger partial charge in [0.1, 0.15) is 0 Å². The molecule has 1 aliphatic carbocycles. The molecular weight excluding hydrogens is 290 g/mol. The predicted molar refractivity (Wildman–Crippen MR) is 90.7 cm³/mol. The number of aryl methyl sites for hydroxylation is 1. The van der Waals surface area contributed by atoms with Gasteiger partial charge in [-0.1, -0.05) is 20.8 Å². The van der Waals surface area contributed by atoms with E-state index in [4.69, 9.17) is 0 Å². The summed E-state index contributed by atoms with van der Waals surface area (Å²) in [5, 5.41) is 0. The summed E-state index contributed by atoms with van der Waals surface area (Å²) in [6.45, 7) is 7.46. The van der Waals surface area contributed by atoms with Gasteiger partial charge in [-0.25, -0.2) is 0 Å². The lowest BCUT2D eigenvalue weighted by atomic mass is 10.2. The Morgan fingerprint density at radius 3 is 2.48 bits per heavy atom. The van der Waals surface area contributed by atoms with Gasteiger partial charge in [0.15, 0.2) is 0 Å². The highest BCUT2D eigenvalue weighted by molar-refractivity contribution is 5.85. The summed E-state index contributed by atoms with van der Waals surface area (Å²) in [4.78, 5) is 28.6. The standard InChI is InChI=1S/C18H29N3O2/c1-5-17(22)20(11-14(2)3)13-18(23)21(15-8-9-15)12-16-7-6-10-19(16)4/h6-7,10,14-15H,5,8-9,11-13H2,1-4H3. The van der Waals surface area contributed by atoms with E-state index in [9.17, 15) is 9.59 Å². The molecule has 128 valence electrons. The van der Waals surface area contributed by atoms with Crippen LogP contribution in [-0.2, 0) is 23.2 Å². The number of hydrogen-bond donors (Lipinski definition) is 0. The highest BCUT2D eigenvalue weighted by atomic mass is 16.2. The zero-order chi connectivity index (χ0) is 17.0. The Labute approximate surface area is 139 Å². The molecule has 0 spiro atoms. The normalized spacial score (nSPS) is 14.1. The molecule has 5 heteroatoms. The molecule has 1 aliphatic rings. The van der Waals surface area contributed by atoms with E-state index in [-0.39, 0.29) is 18.4 Å². The monoisotopic (exact) mass is 319 g/mol. The van der Waals surface area contributed by atoms with Crippen LogP contribution in [0.5, 0.6) is 0 Å². The molecule has 5 nitrogen and oxygen atoms in total. The van der Waals surface area contributed by atoms with Crippen LogP contribution in [0.3, 0.4) is 0 Å². The minimum Gasteiger partial charge on any atom is -0.353 e. The number of carbonyl (C=O) groups is 2. The summed E-state index contributed by atoms with van der Waals surface area (Å²) in [6, 6.07) is 4.39. The van der Waals surface area contributed by atoms with Gasteiger partial charge < -0.3 is 14.4 Å². The van der Waals surface area contributed by atoms with E-state index in [1.165, 1.54) is 0 Å². The molecular formula is C18H29N3O2. The summed E-state index contributed by atoms with van der Waals surface area (Å²) in [5.74, 6) is 0.485. The fourth-order valence-corrected chi connectivity index (χ4v) is 2.82. The number of aromatic nitrogens is 1. The Kier molecular flexibility index (Phi) is 5.85. The summed E-state index contributed by atoms with van der Waals surface area (Å²) >= 11 is 0. The molecule has 1 aromatic rings. The summed E-state index contributed by atoms with van der Waals surface area (Å²) < 4.78 is 2.05. The average molecular weight is 319 g/mol. The summed E-state index contributed by atoms with van der Waals surface area (Å²) in [7, 11) is 2.00. The van der Waals surface area contributed by atoms with E-state index >= 15 is 0 Å². The van der Waals surface area contributed by atoms with E-state index in [1.54, 1.807) is 4.90 Å². The third kappa shape index (κ3) is 4.85. The SMILES string of the molecule is CCC(=O)N(CC(=O)N(Cc1cccn1C)C1CC1)CC(C)C. The quantitative estimate of drug-likeness (QED) is 0.738. The highest BCUT2D eigenvalue weighted by Gasteiger charge is 2.34. The average Bonchev–Trinajstić information content (AvgIpc) is 3.26. The fraction of sp³-hybridized carbons (Fsp3) is 0.667. The van der Waals surface area contributed by atoms with Crippen LogP contribution < -0.4 is 0 Å². The van der Waals surface area contributed by atoms with Gasteiger partial charge in [0.25, 0.3) is 0 Å². The van der Waals surface area contributed by atoms with E-state index < -0.39 is 0 Å². The first-order chi connectivity index (χ1) is 10.9. The van der Waals surface area contributed by atoms with E-state index in [2.05, 4.69) is 13.8 Å². The lowest BCUT2D eigenvalue weighted by Gasteiger charge is -2.28.